The molecule has 0 aliphatic rings. The van der Waals surface area contributed by atoms with E-state index in [0.29, 0.717) is 22.2 Å². The van der Waals surface area contributed by atoms with Crippen molar-refractivity contribution in [3.05, 3.63) is 28.2 Å². The van der Waals surface area contributed by atoms with Crippen LogP contribution < -0.4 is 10.5 Å². The largest absolute Gasteiger partial charge is 0.481 e. The average molecular weight is 248 g/mol. The third-order valence-corrected chi connectivity index (χ3v) is 2.24. The Hall–Kier alpha value is -0.930. The number of benzene rings is 1. The number of amides is 1. The average Bonchev–Trinajstić information content (AvgIpc) is 2.12. The smallest absolute Gasteiger partial charge is 0.258 e. The van der Waals surface area contributed by atoms with Crippen molar-refractivity contribution >= 4 is 29.1 Å². The molecule has 5 heteroatoms. The van der Waals surface area contributed by atoms with Gasteiger partial charge in [0.1, 0.15) is 5.75 Å². The fourth-order valence-corrected chi connectivity index (χ4v) is 1.61. The minimum absolute atomic E-state index is 0.443. The molecule has 0 bridgehead atoms. The van der Waals surface area contributed by atoms with E-state index in [0.717, 1.165) is 0 Å². The fourth-order valence-electron chi connectivity index (χ4n) is 1.10. The van der Waals surface area contributed by atoms with Crippen LogP contribution in [-0.2, 0) is 4.79 Å². The molecule has 82 valence electrons. The van der Waals surface area contributed by atoms with Crippen LogP contribution >= 0.6 is 23.2 Å². The van der Waals surface area contributed by atoms with E-state index in [4.69, 9.17) is 33.7 Å². The van der Waals surface area contributed by atoms with Gasteiger partial charge in [-0.25, -0.2) is 0 Å². The second-order valence-corrected chi connectivity index (χ2v) is 3.90. The lowest BCUT2D eigenvalue weighted by atomic mass is 10.2. The highest BCUT2D eigenvalue weighted by atomic mass is 35.5. The van der Waals surface area contributed by atoms with Crippen LogP contribution in [0.1, 0.15) is 13.3 Å². The van der Waals surface area contributed by atoms with Gasteiger partial charge in [0.2, 0.25) is 0 Å². The molecule has 0 fully saturated rings. The fraction of sp³-hybridized carbons (Fsp3) is 0.300. The third kappa shape index (κ3) is 3.61. The molecule has 1 atom stereocenters. The monoisotopic (exact) mass is 247 g/mol. The number of hydrogen-bond acceptors (Lipinski definition) is 2. The van der Waals surface area contributed by atoms with E-state index in [1.165, 1.54) is 0 Å². The minimum Gasteiger partial charge on any atom is -0.481 e. The number of halogens is 2. The SMILES string of the molecule is CCC(Oc1cc(Cl)cc(Cl)c1)C(N)=O. The number of nitrogens with two attached hydrogens (primary N) is 1. The third-order valence-electron chi connectivity index (χ3n) is 1.80. The number of carbonyl (C=O) groups excluding carboxylic acids is 1. The second kappa shape index (κ2) is 5.24. The standard InChI is InChI=1S/C10H11Cl2NO2/c1-2-9(10(13)14)15-8-4-6(11)3-7(12)5-8/h3-5,9H,2H2,1H3,(H2,13,14). The Bertz CT molecular complexity index is 348. The van der Waals surface area contributed by atoms with Crippen molar-refractivity contribution in [2.24, 2.45) is 5.73 Å². The maximum absolute atomic E-state index is 10.9. The molecule has 1 rings (SSSR count). The van der Waals surface area contributed by atoms with Crippen LogP contribution in [0.2, 0.25) is 10.0 Å². The summed E-state index contributed by atoms with van der Waals surface area (Å²) in [5.41, 5.74) is 5.14. The Morgan fingerprint density at radius 3 is 2.33 bits per heavy atom. The van der Waals surface area contributed by atoms with Crippen molar-refractivity contribution in [2.45, 2.75) is 19.4 Å². The molecule has 0 spiro atoms. The van der Waals surface area contributed by atoms with Gasteiger partial charge in [0, 0.05) is 10.0 Å². The number of carbonyl (C=O) groups is 1. The molecule has 1 unspecified atom stereocenters. The van der Waals surface area contributed by atoms with Gasteiger partial charge in [-0.15, -0.1) is 0 Å². The van der Waals surface area contributed by atoms with E-state index in [9.17, 15) is 4.79 Å². The molecule has 0 aliphatic heterocycles. The summed E-state index contributed by atoms with van der Waals surface area (Å²) < 4.78 is 5.34. The van der Waals surface area contributed by atoms with Gasteiger partial charge >= 0.3 is 0 Å². The predicted octanol–water partition coefficient (Wildman–Crippen LogP) is 2.64. The first-order valence-electron chi connectivity index (χ1n) is 4.45. The van der Waals surface area contributed by atoms with Gasteiger partial charge in [-0.1, -0.05) is 30.1 Å². The zero-order valence-electron chi connectivity index (χ0n) is 8.17. The predicted molar refractivity (Wildman–Crippen MR) is 60.4 cm³/mol. The molecule has 0 saturated heterocycles. The first-order valence-corrected chi connectivity index (χ1v) is 5.20. The van der Waals surface area contributed by atoms with Crippen molar-refractivity contribution < 1.29 is 9.53 Å². The van der Waals surface area contributed by atoms with Crippen LogP contribution in [0, 0.1) is 0 Å². The van der Waals surface area contributed by atoms with Crippen molar-refractivity contribution in [3.63, 3.8) is 0 Å². The molecule has 0 saturated carbocycles. The summed E-state index contributed by atoms with van der Waals surface area (Å²) in [6.07, 6.45) is -0.154. The number of ether oxygens (including phenoxy) is 1. The highest BCUT2D eigenvalue weighted by Gasteiger charge is 2.14. The summed E-state index contributed by atoms with van der Waals surface area (Å²) in [6, 6.07) is 4.75. The maximum atomic E-state index is 10.9. The van der Waals surface area contributed by atoms with E-state index >= 15 is 0 Å². The van der Waals surface area contributed by atoms with Crippen LogP contribution in [0.4, 0.5) is 0 Å². The Kier molecular flexibility index (Phi) is 4.24. The van der Waals surface area contributed by atoms with Crippen molar-refractivity contribution in [1.82, 2.24) is 0 Å². The Morgan fingerprint density at radius 1 is 1.40 bits per heavy atom. The Morgan fingerprint density at radius 2 is 1.93 bits per heavy atom. The van der Waals surface area contributed by atoms with Crippen molar-refractivity contribution in [2.75, 3.05) is 0 Å². The molecule has 3 nitrogen and oxygen atoms in total. The summed E-state index contributed by atoms with van der Waals surface area (Å²) in [4.78, 5) is 10.9. The zero-order valence-corrected chi connectivity index (χ0v) is 9.68. The van der Waals surface area contributed by atoms with E-state index in [1.54, 1.807) is 18.2 Å². The molecule has 2 N–H and O–H groups in total. The van der Waals surface area contributed by atoms with E-state index in [2.05, 4.69) is 0 Å². The molecule has 1 amide bonds. The van der Waals surface area contributed by atoms with Crippen LogP contribution in [0.3, 0.4) is 0 Å². The zero-order chi connectivity index (χ0) is 11.4. The van der Waals surface area contributed by atoms with Gasteiger partial charge in [0.25, 0.3) is 5.91 Å². The van der Waals surface area contributed by atoms with Gasteiger partial charge in [0.15, 0.2) is 6.10 Å². The molecule has 15 heavy (non-hydrogen) atoms. The molecule has 0 aromatic heterocycles. The van der Waals surface area contributed by atoms with E-state index < -0.39 is 12.0 Å². The molecule has 0 aliphatic carbocycles. The normalized spacial score (nSPS) is 12.2. The van der Waals surface area contributed by atoms with E-state index in [-0.39, 0.29) is 0 Å². The summed E-state index contributed by atoms with van der Waals surface area (Å²) in [7, 11) is 0. The lowest BCUT2D eigenvalue weighted by Crippen LogP contribution is -2.32. The summed E-state index contributed by atoms with van der Waals surface area (Å²) in [5.74, 6) is -0.0632. The first kappa shape index (κ1) is 12.1. The Labute approximate surface area is 98.1 Å². The molecule has 0 heterocycles. The maximum Gasteiger partial charge on any atom is 0.258 e. The van der Waals surface area contributed by atoms with Gasteiger partial charge in [-0.2, -0.15) is 0 Å². The van der Waals surface area contributed by atoms with Gasteiger partial charge in [-0.05, 0) is 24.6 Å². The lowest BCUT2D eigenvalue weighted by Gasteiger charge is -2.14. The topological polar surface area (TPSA) is 52.3 Å². The molecular formula is C10H11Cl2NO2. The van der Waals surface area contributed by atoms with Crippen molar-refractivity contribution in [3.8, 4) is 5.75 Å². The molecule has 0 radical (unpaired) electrons. The number of hydrogen-bond donors (Lipinski definition) is 1. The molecule has 1 aromatic rings. The van der Waals surface area contributed by atoms with Crippen LogP contribution in [0.15, 0.2) is 18.2 Å². The Balaban J connectivity index is 2.83. The number of primary amides is 1. The molecular weight excluding hydrogens is 237 g/mol. The van der Waals surface area contributed by atoms with Crippen LogP contribution in [0.25, 0.3) is 0 Å². The van der Waals surface area contributed by atoms with Crippen LogP contribution in [0.5, 0.6) is 5.75 Å². The first-order chi connectivity index (χ1) is 7.02. The summed E-state index contributed by atoms with van der Waals surface area (Å²) >= 11 is 11.6. The van der Waals surface area contributed by atoms with Gasteiger partial charge in [0.05, 0.1) is 0 Å². The van der Waals surface area contributed by atoms with Gasteiger partial charge in [-0.3, -0.25) is 4.79 Å². The summed E-state index contributed by atoms with van der Waals surface area (Å²) in [5, 5.41) is 0.911. The highest BCUT2D eigenvalue weighted by Crippen LogP contribution is 2.25. The summed E-state index contributed by atoms with van der Waals surface area (Å²) in [6.45, 7) is 1.81. The minimum atomic E-state index is -0.653. The van der Waals surface area contributed by atoms with Gasteiger partial charge < -0.3 is 10.5 Å². The second-order valence-electron chi connectivity index (χ2n) is 3.02. The van der Waals surface area contributed by atoms with Crippen LogP contribution in [-0.4, -0.2) is 12.0 Å². The quantitative estimate of drug-likeness (QED) is 0.890. The molecule has 1 aromatic carbocycles. The lowest BCUT2D eigenvalue weighted by molar-refractivity contribution is -0.124. The highest BCUT2D eigenvalue weighted by molar-refractivity contribution is 6.34. The number of rotatable bonds is 4. The van der Waals surface area contributed by atoms with E-state index in [1.807, 2.05) is 6.92 Å². The van der Waals surface area contributed by atoms with Crippen molar-refractivity contribution in [1.29, 1.82) is 0 Å².